The van der Waals surface area contributed by atoms with Crippen molar-refractivity contribution in [2.75, 3.05) is 7.05 Å². The summed E-state index contributed by atoms with van der Waals surface area (Å²) < 4.78 is 0. The third kappa shape index (κ3) is 15.9. The summed E-state index contributed by atoms with van der Waals surface area (Å²) in [7, 11) is 1.53. The van der Waals surface area contributed by atoms with Crippen LogP contribution in [0.3, 0.4) is 0 Å². The predicted molar refractivity (Wildman–Crippen MR) is 179 cm³/mol. The van der Waals surface area contributed by atoms with E-state index in [2.05, 4.69) is 88.6 Å². The van der Waals surface area contributed by atoms with E-state index in [1.165, 1.54) is 55.7 Å². The molecule has 9 nitrogen and oxygen atoms in total. The standard InChI is InChI=1S/C34H38N8O/c1-10-26(34(43)36-9)18-20-28(12-3)37-39-30(14-5)22-24-32(16-7)41-42-33(17-8)25-23-31(15-6)40-38-29(13-4)21-19-27(35)11-2/h10-25H,1-8,35H2,9H3,(H,36,43)/b26-18+,27-19+,28-20+,29-21+,30-22+,31-23+,32-24+,33-25+,39-37?,40-38?,42-41?. The first kappa shape index (κ1) is 36.9. The summed E-state index contributed by atoms with van der Waals surface area (Å²) in [6, 6.07) is 0. The number of carbonyl (C=O) groups is 1. The largest absolute Gasteiger partial charge is 0.399 e. The fourth-order valence-corrected chi connectivity index (χ4v) is 2.35. The fraction of sp³-hybridized carbons (Fsp3) is 0.0294. The van der Waals surface area contributed by atoms with Crippen LogP contribution in [0.2, 0.25) is 0 Å². The Hall–Kier alpha value is -6.09. The summed E-state index contributed by atoms with van der Waals surface area (Å²) in [4.78, 5) is 11.8. The summed E-state index contributed by atoms with van der Waals surface area (Å²) in [6.45, 7) is 29.7. The fourth-order valence-electron chi connectivity index (χ4n) is 2.35. The summed E-state index contributed by atoms with van der Waals surface area (Å²) in [5, 5.41) is 27.5. The highest BCUT2D eigenvalue weighted by Gasteiger charge is 2.01. The normalized spacial score (nSPS) is 14.5. The minimum absolute atomic E-state index is 0.277. The smallest absolute Gasteiger partial charge is 0.250 e. The van der Waals surface area contributed by atoms with Crippen LogP contribution in [-0.2, 0) is 4.79 Å². The quantitative estimate of drug-likeness (QED) is 0.0909. The Kier molecular flexibility index (Phi) is 19.5. The molecule has 0 atom stereocenters. The van der Waals surface area contributed by atoms with Gasteiger partial charge in [-0.25, -0.2) is 0 Å². The zero-order valence-corrected chi connectivity index (χ0v) is 24.6. The van der Waals surface area contributed by atoms with Crippen LogP contribution in [0, 0.1) is 0 Å². The monoisotopic (exact) mass is 574 g/mol. The summed E-state index contributed by atoms with van der Waals surface area (Å²) >= 11 is 0. The van der Waals surface area contributed by atoms with E-state index in [1.54, 1.807) is 48.6 Å². The number of nitrogens with two attached hydrogens (primary N) is 1. The number of hydrogen-bond donors (Lipinski definition) is 2. The molecular formula is C34H38N8O. The molecule has 0 fully saturated rings. The van der Waals surface area contributed by atoms with Gasteiger partial charge in [0.25, 0.3) is 5.91 Å². The first-order valence-electron chi connectivity index (χ1n) is 12.7. The van der Waals surface area contributed by atoms with E-state index >= 15 is 0 Å². The highest BCUT2D eigenvalue weighted by atomic mass is 16.1. The lowest BCUT2D eigenvalue weighted by molar-refractivity contribution is -0.116. The Morgan fingerprint density at radius 3 is 0.977 bits per heavy atom. The number of likely N-dealkylation sites (N-methyl/N-ethyl adjacent to an activating group) is 1. The molecule has 0 spiro atoms. The average molecular weight is 575 g/mol. The van der Waals surface area contributed by atoms with Gasteiger partial charge in [0, 0.05) is 18.3 Å². The second-order valence-corrected chi connectivity index (χ2v) is 7.65. The molecule has 0 heterocycles. The van der Waals surface area contributed by atoms with Crippen LogP contribution < -0.4 is 11.1 Å². The molecule has 9 heteroatoms. The molecule has 220 valence electrons. The van der Waals surface area contributed by atoms with Gasteiger partial charge in [-0.3, -0.25) is 4.79 Å². The molecule has 0 aromatic carbocycles. The minimum atomic E-state index is -0.277. The maximum Gasteiger partial charge on any atom is 0.250 e. The van der Waals surface area contributed by atoms with E-state index in [-0.39, 0.29) is 5.91 Å². The van der Waals surface area contributed by atoms with E-state index in [4.69, 9.17) is 5.73 Å². The zero-order chi connectivity index (χ0) is 32.5. The van der Waals surface area contributed by atoms with Crippen molar-refractivity contribution >= 4 is 5.91 Å². The number of hydrogen-bond acceptors (Lipinski definition) is 8. The van der Waals surface area contributed by atoms with E-state index in [9.17, 15) is 4.79 Å². The van der Waals surface area contributed by atoms with Crippen molar-refractivity contribution in [3.8, 4) is 0 Å². The van der Waals surface area contributed by atoms with Crippen molar-refractivity contribution in [3.05, 3.63) is 195 Å². The lowest BCUT2D eigenvalue weighted by Crippen LogP contribution is -2.18. The van der Waals surface area contributed by atoms with E-state index in [1.807, 2.05) is 0 Å². The Morgan fingerprint density at radius 1 is 0.465 bits per heavy atom. The lowest BCUT2D eigenvalue weighted by Gasteiger charge is -1.98. The molecule has 0 aromatic rings. The molecule has 0 aliphatic carbocycles. The molecule has 0 radical (unpaired) electrons. The Labute approximate surface area is 254 Å². The Balaban J connectivity index is 5.97. The molecule has 43 heavy (non-hydrogen) atoms. The second kappa shape index (κ2) is 22.7. The van der Waals surface area contributed by atoms with Crippen molar-refractivity contribution < 1.29 is 4.79 Å². The van der Waals surface area contributed by atoms with Gasteiger partial charge in [-0.05, 0) is 91.1 Å². The van der Waals surface area contributed by atoms with E-state index < -0.39 is 0 Å². The van der Waals surface area contributed by atoms with Crippen LogP contribution in [-0.4, -0.2) is 13.0 Å². The van der Waals surface area contributed by atoms with Crippen molar-refractivity contribution in [1.82, 2.24) is 5.32 Å². The summed E-state index contributed by atoms with van der Waals surface area (Å²) in [6.07, 6.45) is 25.1. The van der Waals surface area contributed by atoms with Gasteiger partial charge in [-0.2, -0.15) is 30.7 Å². The Bertz CT molecular complexity index is 1450. The number of azo groups is 3. The summed E-state index contributed by atoms with van der Waals surface area (Å²) in [5.74, 6) is -0.277. The highest BCUT2D eigenvalue weighted by molar-refractivity contribution is 5.96. The minimum Gasteiger partial charge on any atom is -0.399 e. The second-order valence-electron chi connectivity index (χ2n) is 7.65. The molecule has 1 amide bonds. The molecular weight excluding hydrogens is 536 g/mol. The van der Waals surface area contributed by atoms with Crippen molar-refractivity contribution in [2.24, 2.45) is 36.4 Å². The molecule has 0 saturated heterocycles. The van der Waals surface area contributed by atoms with E-state index in [0.29, 0.717) is 45.5 Å². The number of nitrogens with one attached hydrogen (secondary N) is 1. The third-order valence-corrected chi connectivity index (χ3v) is 4.77. The van der Waals surface area contributed by atoms with Gasteiger partial charge < -0.3 is 11.1 Å². The molecule has 0 aromatic heterocycles. The van der Waals surface area contributed by atoms with Crippen LogP contribution in [0.15, 0.2) is 226 Å². The van der Waals surface area contributed by atoms with Crippen LogP contribution in [0.4, 0.5) is 0 Å². The third-order valence-electron chi connectivity index (χ3n) is 4.77. The first-order valence-corrected chi connectivity index (χ1v) is 12.7. The molecule has 0 rings (SSSR count). The summed E-state index contributed by atoms with van der Waals surface area (Å²) in [5.41, 5.74) is 9.24. The van der Waals surface area contributed by atoms with Crippen molar-refractivity contribution in [2.45, 2.75) is 0 Å². The van der Waals surface area contributed by atoms with Gasteiger partial charge in [-0.1, -0.05) is 58.7 Å². The molecule has 0 saturated carbocycles. The van der Waals surface area contributed by atoms with Gasteiger partial charge in [-0.15, -0.1) is 0 Å². The predicted octanol–water partition coefficient (Wildman–Crippen LogP) is 8.65. The molecule has 0 bridgehead atoms. The van der Waals surface area contributed by atoms with Gasteiger partial charge >= 0.3 is 0 Å². The average Bonchev–Trinajstić information content (AvgIpc) is 3.04. The van der Waals surface area contributed by atoms with E-state index in [0.717, 1.165) is 0 Å². The van der Waals surface area contributed by atoms with Gasteiger partial charge in [0.1, 0.15) is 0 Å². The number of amides is 1. The first-order chi connectivity index (χ1) is 20.7. The zero-order valence-electron chi connectivity index (χ0n) is 24.6. The van der Waals surface area contributed by atoms with Crippen molar-refractivity contribution in [1.29, 1.82) is 0 Å². The number of carbonyl (C=O) groups excluding carboxylic acids is 1. The van der Waals surface area contributed by atoms with Crippen LogP contribution in [0.1, 0.15) is 0 Å². The highest BCUT2D eigenvalue weighted by Crippen LogP contribution is 2.12. The van der Waals surface area contributed by atoms with Gasteiger partial charge in [0.2, 0.25) is 0 Å². The number of nitrogens with zero attached hydrogens (tertiary/aromatic N) is 6. The Morgan fingerprint density at radius 2 is 0.744 bits per heavy atom. The van der Waals surface area contributed by atoms with Crippen LogP contribution in [0.25, 0.3) is 0 Å². The molecule has 0 aliphatic rings. The topological polar surface area (TPSA) is 129 Å². The number of allylic oxidation sites excluding steroid dienone is 15. The lowest BCUT2D eigenvalue weighted by atomic mass is 10.2. The maximum absolute atomic E-state index is 11.8. The van der Waals surface area contributed by atoms with Crippen LogP contribution in [0.5, 0.6) is 0 Å². The molecule has 0 unspecified atom stereocenters. The number of rotatable bonds is 19. The molecule has 0 aliphatic heterocycles. The van der Waals surface area contributed by atoms with Gasteiger partial charge in [0.15, 0.2) is 0 Å². The van der Waals surface area contributed by atoms with Gasteiger partial charge in [0.05, 0.1) is 34.2 Å². The van der Waals surface area contributed by atoms with Crippen LogP contribution >= 0.6 is 0 Å². The molecule has 3 N–H and O–H groups in total. The van der Waals surface area contributed by atoms with Crippen molar-refractivity contribution in [3.63, 3.8) is 0 Å². The maximum atomic E-state index is 11.8. The SMILES string of the molecule is C=C/C(N)=C\C=C(/C=C)N=N/C(C=C)=C/C=C(\C=C)N=N/C(C=C)=C/C=C(\C=C)N=N/C(C=C)=C/C=C(\C=C)C(=O)NC.